The summed E-state index contributed by atoms with van der Waals surface area (Å²) in [5.41, 5.74) is -4.28. The van der Waals surface area contributed by atoms with E-state index in [2.05, 4.69) is 5.32 Å². The zero-order chi connectivity index (χ0) is 33.2. The molecule has 244 valence electrons. The van der Waals surface area contributed by atoms with Gasteiger partial charge in [0.05, 0.1) is 35.8 Å². The van der Waals surface area contributed by atoms with E-state index in [0.29, 0.717) is 17.8 Å². The number of rotatable bonds is 5. The molecule has 0 radical (unpaired) electrons. The van der Waals surface area contributed by atoms with Gasteiger partial charge in [0.1, 0.15) is 0 Å². The summed E-state index contributed by atoms with van der Waals surface area (Å²) in [4.78, 5) is 23.4. The summed E-state index contributed by atoms with van der Waals surface area (Å²) in [5.74, 6) is -0.821. The number of aliphatic carboxylic acids is 1. The first-order valence-corrected chi connectivity index (χ1v) is 13.6. The number of carboxylic acid groups (broad SMARTS) is 1. The molecule has 1 aliphatic carbocycles. The number of hydrogen-bond acceptors (Lipinski definition) is 4. The first-order chi connectivity index (χ1) is 20.2. The van der Waals surface area contributed by atoms with Crippen molar-refractivity contribution in [2.45, 2.75) is 76.7 Å². The van der Waals surface area contributed by atoms with Crippen molar-refractivity contribution in [3.05, 3.63) is 64.2 Å². The predicted octanol–water partition coefficient (Wildman–Crippen LogP) is 8.76. The fourth-order valence-corrected chi connectivity index (χ4v) is 4.95. The van der Waals surface area contributed by atoms with Crippen molar-refractivity contribution in [2.24, 2.45) is 11.8 Å². The van der Waals surface area contributed by atoms with Crippen molar-refractivity contribution in [3.63, 3.8) is 0 Å². The Balaban J connectivity index is 0.000000801. The summed E-state index contributed by atoms with van der Waals surface area (Å²) < 4.78 is 126. The van der Waals surface area contributed by atoms with Crippen LogP contribution >= 0.6 is 0 Å². The zero-order valence-electron chi connectivity index (χ0n) is 23.8. The van der Waals surface area contributed by atoms with Crippen molar-refractivity contribution in [3.8, 4) is 0 Å². The molecule has 2 aromatic carbocycles. The summed E-state index contributed by atoms with van der Waals surface area (Å²) in [6, 6.07) is 2.51. The van der Waals surface area contributed by atoms with Gasteiger partial charge in [0.25, 0.3) is 0 Å². The molecule has 2 aliphatic rings. The Morgan fingerprint density at radius 3 is 1.84 bits per heavy atom. The van der Waals surface area contributed by atoms with Gasteiger partial charge in [0.15, 0.2) is 0 Å². The van der Waals surface area contributed by atoms with Crippen LogP contribution < -0.4 is 5.32 Å². The summed E-state index contributed by atoms with van der Waals surface area (Å²) in [5, 5.41) is 11.2. The molecule has 15 heteroatoms. The number of ether oxygens (including phenoxy) is 1. The Morgan fingerprint density at radius 1 is 0.909 bits per heavy atom. The Hall–Kier alpha value is -3.65. The number of carboxylic acids is 1. The number of carbonyl (C=O) groups is 2. The number of carbonyl (C=O) groups excluding carboxylic acids is 1. The maximum Gasteiger partial charge on any atom is 0.416 e. The van der Waals surface area contributed by atoms with Crippen LogP contribution in [0.3, 0.4) is 0 Å². The van der Waals surface area contributed by atoms with Gasteiger partial charge in [-0.1, -0.05) is 20.3 Å². The van der Waals surface area contributed by atoms with E-state index < -0.39 is 65.4 Å². The van der Waals surface area contributed by atoms with Crippen LogP contribution in [0.15, 0.2) is 36.4 Å². The molecule has 1 aliphatic heterocycles. The normalized spacial score (nSPS) is 18.8. The lowest BCUT2D eigenvalue weighted by Crippen LogP contribution is -2.44. The first-order valence-electron chi connectivity index (χ1n) is 13.6. The highest BCUT2D eigenvalue weighted by molar-refractivity contribution is 5.70. The number of amides is 1. The van der Waals surface area contributed by atoms with Crippen LogP contribution in [-0.2, 0) is 34.6 Å². The molecule has 6 nitrogen and oxygen atoms in total. The van der Waals surface area contributed by atoms with Gasteiger partial charge in [-0.15, -0.1) is 0 Å². The molecule has 2 aromatic rings. The molecule has 1 saturated carbocycles. The van der Waals surface area contributed by atoms with E-state index in [1.54, 1.807) is 13.8 Å². The second kappa shape index (κ2) is 13.1. The lowest BCUT2D eigenvalue weighted by Gasteiger charge is -2.44. The number of methoxy groups -OCH3 is 1. The van der Waals surface area contributed by atoms with Crippen molar-refractivity contribution < 1.29 is 58.9 Å². The number of nitrogens with zero attached hydrogens (tertiary/aromatic N) is 1. The van der Waals surface area contributed by atoms with Crippen LogP contribution in [0.25, 0.3) is 0 Å². The Morgan fingerprint density at radius 2 is 1.43 bits per heavy atom. The molecular formula is C29H31F9N2O4. The molecule has 0 unspecified atom stereocenters. The predicted molar refractivity (Wildman–Crippen MR) is 140 cm³/mol. The van der Waals surface area contributed by atoms with E-state index in [-0.39, 0.29) is 35.9 Å². The van der Waals surface area contributed by atoms with Gasteiger partial charge in [0, 0.05) is 18.3 Å². The van der Waals surface area contributed by atoms with Gasteiger partial charge in [-0.05, 0) is 72.7 Å². The molecule has 2 N–H and O–H groups in total. The number of benzene rings is 2. The highest BCUT2D eigenvalue weighted by Crippen LogP contribution is 2.46. The van der Waals surface area contributed by atoms with Crippen LogP contribution in [-0.4, -0.2) is 35.2 Å². The summed E-state index contributed by atoms with van der Waals surface area (Å²) in [6.45, 7) is 2.53. The lowest BCUT2D eigenvalue weighted by atomic mass is 9.75. The number of fused-ring (bicyclic) bond motifs is 1. The lowest BCUT2D eigenvalue weighted by molar-refractivity contribution is -0.143. The molecule has 4 rings (SSSR count). The fraction of sp³-hybridized carbons (Fsp3) is 0.517. The standard InChI is InChI=1S/C25H23F9N2O2.C4H8O2/c1-38-22(37)36(12-13-7-16(24(29,30)31)9-17(8-13)25(32,33)34)21-11-20(14-3-2-4-14)35-19-6-5-15(10-18(19)21)23(26,27)28;1-3(2)4(5)6/h5-10,14,20-21,35H,2-4,11-12H2,1H3;3H,1-2H3,(H,5,6)/t20-,21-;/m0./s1. The second-order valence-electron chi connectivity index (χ2n) is 11.0. The molecule has 1 amide bonds. The molecule has 1 fully saturated rings. The number of nitrogens with one attached hydrogen (secondary N) is 1. The third-order valence-electron chi connectivity index (χ3n) is 7.55. The van der Waals surface area contributed by atoms with E-state index in [0.717, 1.165) is 43.4 Å². The van der Waals surface area contributed by atoms with Crippen LogP contribution in [0.2, 0.25) is 0 Å². The molecule has 0 aromatic heterocycles. The van der Waals surface area contributed by atoms with Crippen molar-refractivity contribution in [2.75, 3.05) is 12.4 Å². The smallest absolute Gasteiger partial charge is 0.416 e. The number of anilines is 1. The highest BCUT2D eigenvalue weighted by Gasteiger charge is 2.42. The highest BCUT2D eigenvalue weighted by atomic mass is 19.4. The molecule has 2 atom stereocenters. The van der Waals surface area contributed by atoms with E-state index in [1.807, 2.05) is 0 Å². The average molecular weight is 643 g/mol. The quantitative estimate of drug-likeness (QED) is 0.319. The van der Waals surface area contributed by atoms with E-state index in [9.17, 15) is 49.1 Å². The monoisotopic (exact) mass is 642 g/mol. The fourth-order valence-electron chi connectivity index (χ4n) is 4.95. The Labute approximate surface area is 247 Å². The second-order valence-corrected chi connectivity index (χ2v) is 11.0. The van der Waals surface area contributed by atoms with Crippen molar-refractivity contribution in [1.82, 2.24) is 4.90 Å². The molecule has 0 bridgehead atoms. The third-order valence-corrected chi connectivity index (χ3v) is 7.55. The van der Waals surface area contributed by atoms with Gasteiger partial charge in [-0.3, -0.25) is 9.69 Å². The molecule has 44 heavy (non-hydrogen) atoms. The number of halogens is 9. The largest absolute Gasteiger partial charge is 0.481 e. The van der Waals surface area contributed by atoms with Gasteiger partial charge in [0.2, 0.25) is 0 Å². The van der Waals surface area contributed by atoms with Crippen LogP contribution in [0.1, 0.15) is 73.4 Å². The molecule has 0 saturated heterocycles. The van der Waals surface area contributed by atoms with Gasteiger partial charge < -0.3 is 15.2 Å². The van der Waals surface area contributed by atoms with Crippen LogP contribution in [0.5, 0.6) is 0 Å². The van der Waals surface area contributed by atoms with Crippen LogP contribution in [0.4, 0.5) is 50.0 Å². The van der Waals surface area contributed by atoms with Gasteiger partial charge in [-0.2, -0.15) is 39.5 Å². The maximum atomic E-state index is 13.5. The van der Waals surface area contributed by atoms with E-state index in [4.69, 9.17) is 9.84 Å². The minimum absolute atomic E-state index is 0.0337. The van der Waals surface area contributed by atoms with E-state index in [1.165, 1.54) is 6.07 Å². The minimum Gasteiger partial charge on any atom is -0.481 e. The van der Waals surface area contributed by atoms with Crippen molar-refractivity contribution in [1.29, 1.82) is 0 Å². The maximum absolute atomic E-state index is 13.5. The van der Waals surface area contributed by atoms with Crippen molar-refractivity contribution >= 4 is 17.7 Å². The molecule has 1 heterocycles. The van der Waals surface area contributed by atoms with Gasteiger partial charge >= 0.3 is 30.6 Å². The number of hydrogen-bond donors (Lipinski definition) is 2. The topological polar surface area (TPSA) is 78.9 Å². The molecular weight excluding hydrogens is 611 g/mol. The molecule has 0 spiro atoms. The first kappa shape index (κ1) is 34.8. The van der Waals surface area contributed by atoms with Crippen LogP contribution in [0, 0.1) is 11.8 Å². The number of alkyl halides is 9. The summed E-state index contributed by atoms with van der Waals surface area (Å²) >= 11 is 0. The van der Waals surface area contributed by atoms with E-state index >= 15 is 0 Å². The Kier molecular flexibility index (Phi) is 10.4. The third kappa shape index (κ3) is 8.50. The van der Waals surface area contributed by atoms with Gasteiger partial charge in [-0.25, -0.2) is 4.79 Å². The summed E-state index contributed by atoms with van der Waals surface area (Å²) in [7, 11) is 0.972. The average Bonchev–Trinajstić information content (AvgIpc) is 2.88. The minimum atomic E-state index is -5.11. The SMILES string of the molecule is CC(C)C(=O)O.COC(=O)N(Cc1cc(C(F)(F)F)cc(C(F)(F)F)c1)[C@H]1C[C@@H](C2CCC2)Nc2ccc(C(F)(F)F)cc21. The zero-order valence-corrected chi connectivity index (χ0v) is 23.8. The Bertz CT molecular complexity index is 1300. The summed E-state index contributed by atoms with van der Waals surface area (Å²) in [6.07, 6.45) is -13.3.